The molecule has 2 aromatic rings. The number of rotatable bonds is 6. The second-order valence-corrected chi connectivity index (χ2v) is 5.51. The molecule has 0 aliphatic heterocycles. The first-order chi connectivity index (χ1) is 10.1. The Labute approximate surface area is 129 Å². The fourth-order valence-corrected chi connectivity index (χ4v) is 2.50. The molecule has 0 saturated heterocycles. The van der Waals surface area contributed by atoms with Crippen molar-refractivity contribution in [2.45, 2.75) is 12.8 Å². The number of nitrogens with two attached hydrogens (primary N) is 1. The van der Waals surface area contributed by atoms with E-state index in [0.717, 1.165) is 12.0 Å². The molecule has 0 bridgehead atoms. The van der Waals surface area contributed by atoms with E-state index in [1.165, 1.54) is 7.11 Å². The second-order valence-electron chi connectivity index (χ2n) is 5.07. The van der Waals surface area contributed by atoms with E-state index in [2.05, 4.69) is 0 Å². The van der Waals surface area contributed by atoms with Gasteiger partial charge in [0.2, 0.25) is 0 Å². The van der Waals surface area contributed by atoms with Gasteiger partial charge in [-0.05, 0) is 54.6 Å². The van der Waals surface area contributed by atoms with E-state index in [9.17, 15) is 4.39 Å². The largest absolute Gasteiger partial charge is 0.494 e. The number of benzene rings is 2. The summed E-state index contributed by atoms with van der Waals surface area (Å²) in [5.41, 5.74) is 7.63. The molecular formula is C17H19ClFNO. The van der Waals surface area contributed by atoms with Crippen molar-refractivity contribution >= 4 is 11.6 Å². The highest BCUT2D eigenvalue weighted by molar-refractivity contribution is 6.30. The van der Waals surface area contributed by atoms with Crippen LogP contribution in [0.25, 0.3) is 0 Å². The summed E-state index contributed by atoms with van der Waals surface area (Å²) in [7, 11) is 1.47. The van der Waals surface area contributed by atoms with Crippen LogP contribution in [0, 0.1) is 11.7 Å². The molecule has 0 saturated carbocycles. The number of hydrogen-bond donors (Lipinski definition) is 1. The van der Waals surface area contributed by atoms with Crippen molar-refractivity contribution in [2.75, 3.05) is 13.7 Å². The molecule has 21 heavy (non-hydrogen) atoms. The molecule has 0 aliphatic rings. The average molecular weight is 308 g/mol. The number of methoxy groups -OCH3 is 1. The lowest BCUT2D eigenvalue weighted by molar-refractivity contribution is 0.382. The predicted molar refractivity (Wildman–Crippen MR) is 84.4 cm³/mol. The molecule has 2 N–H and O–H groups in total. The normalized spacial score (nSPS) is 12.2. The quantitative estimate of drug-likeness (QED) is 0.880. The molecule has 112 valence electrons. The van der Waals surface area contributed by atoms with Crippen LogP contribution >= 0.6 is 11.6 Å². The zero-order valence-electron chi connectivity index (χ0n) is 12.0. The third-order valence-corrected chi connectivity index (χ3v) is 3.79. The van der Waals surface area contributed by atoms with Crippen LogP contribution < -0.4 is 10.5 Å². The molecule has 0 heterocycles. The minimum atomic E-state index is -0.297. The minimum Gasteiger partial charge on any atom is -0.494 e. The summed E-state index contributed by atoms with van der Waals surface area (Å²) in [5.74, 6) is 0.150. The summed E-state index contributed by atoms with van der Waals surface area (Å²) in [4.78, 5) is 0. The van der Waals surface area contributed by atoms with Crippen molar-refractivity contribution in [1.82, 2.24) is 0 Å². The first kappa shape index (κ1) is 15.8. The highest BCUT2D eigenvalue weighted by atomic mass is 35.5. The molecule has 0 aliphatic carbocycles. The van der Waals surface area contributed by atoms with E-state index in [-0.39, 0.29) is 17.5 Å². The van der Waals surface area contributed by atoms with Crippen LogP contribution in [0.5, 0.6) is 5.75 Å². The van der Waals surface area contributed by atoms with Crippen LogP contribution in [-0.2, 0) is 12.8 Å². The summed E-state index contributed by atoms with van der Waals surface area (Å²) < 4.78 is 19.2. The lowest BCUT2D eigenvalue weighted by Gasteiger charge is -2.16. The van der Waals surface area contributed by atoms with E-state index in [0.29, 0.717) is 23.6 Å². The van der Waals surface area contributed by atoms with E-state index >= 15 is 0 Å². The Bertz CT molecular complexity index is 586. The maximum absolute atomic E-state index is 14.2. The van der Waals surface area contributed by atoms with Gasteiger partial charge in [-0.25, -0.2) is 4.39 Å². The van der Waals surface area contributed by atoms with Crippen molar-refractivity contribution in [1.29, 1.82) is 0 Å². The van der Waals surface area contributed by atoms with Gasteiger partial charge in [0.05, 0.1) is 7.11 Å². The van der Waals surface area contributed by atoms with Gasteiger partial charge in [0.15, 0.2) is 11.6 Å². The smallest absolute Gasteiger partial charge is 0.168 e. The Morgan fingerprint density at radius 2 is 1.86 bits per heavy atom. The highest BCUT2D eigenvalue weighted by Gasteiger charge is 2.14. The number of hydrogen-bond acceptors (Lipinski definition) is 2. The van der Waals surface area contributed by atoms with Gasteiger partial charge in [0.25, 0.3) is 0 Å². The Kier molecular flexibility index (Phi) is 5.59. The van der Waals surface area contributed by atoms with E-state index in [1.807, 2.05) is 24.3 Å². The van der Waals surface area contributed by atoms with E-state index in [1.54, 1.807) is 18.2 Å². The van der Waals surface area contributed by atoms with E-state index < -0.39 is 0 Å². The Morgan fingerprint density at radius 1 is 1.14 bits per heavy atom. The zero-order chi connectivity index (χ0) is 15.2. The minimum absolute atomic E-state index is 0.174. The summed E-state index contributed by atoms with van der Waals surface area (Å²) in [6, 6.07) is 12.9. The van der Waals surface area contributed by atoms with Gasteiger partial charge in [0, 0.05) is 5.02 Å². The Hall–Kier alpha value is -1.58. The summed E-state index contributed by atoms with van der Waals surface area (Å²) in [6.45, 7) is 0.499. The topological polar surface area (TPSA) is 35.2 Å². The fraction of sp³-hybridized carbons (Fsp3) is 0.294. The molecule has 2 rings (SSSR count). The second kappa shape index (κ2) is 7.43. The van der Waals surface area contributed by atoms with Crippen LogP contribution in [0.1, 0.15) is 11.1 Å². The van der Waals surface area contributed by atoms with Gasteiger partial charge < -0.3 is 10.5 Å². The Balaban J connectivity index is 2.10. The molecule has 1 atom stereocenters. The highest BCUT2D eigenvalue weighted by Crippen LogP contribution is 2.23. The van der Waals surface area contributed by atoms with Gasteiger partial charge in [-0.15, -0.1) is 0 Å². The number of ether oxygens (including phenoxy) is 1. The molecular weight excluding hydrogens is 289 g/mol. The van der Waals surface area contributed by atoms with Gasteiger partial charge in [-0.3, -0.25) is 0 Å². The number of halogens is 2. The van der Waals surface area contributed by atoms with Gasteiger partial charge in [-0.1, -0.05) is 35.9 Å². The lowest BCUT2D eigenvalue weighted by Crippen LogP contribution is -2.20. The molecule has 0 amide bonds. The monoisotopic (exact) mass is 307 g/mol. The SMILES string of the molecule is COc1cccc(CC(CN)Cc2ccc(Cl)cc2)c1F. The molecule has 0 aromatic heterocycles. The third kappa shape index (κ3) is 4.19. The van der Waals surface area contributed by atoms with Crippen LogP contribution in [0.15, 0.2) is 42.5 Å². The van der Waals surface area contributed by atoms with Gasteiger partial charge >= 0.3 is 0 Å². The summed E-state index contributed by atoms with van der Waals surface area (Å²) in [5, 5.41) is 0.710. The van der Waals surface area contributed by atoms with Crippen molar-refractivity contribution in [3.05, 3.63) is 64.4 Å². The maximum atomic E-state index is 14.2. The van der Waals surface area contributed by atoms with Crippen molar-refractivity contribution in [2.24, 2.45) is 11.7 Å². The van der Waals surface area contributed by atoms with Gasteiger partial charge in [-0.2, -0.15) is 0 Å². The standard InChI is InChI=1S/C17H19ClFNO/c1-21-16-4-2-3-14(17(16)19)10-13(11-20)9-12-5-7-15(18)8-6-12/h2-8,13H,9-11,20H2,1H3. The molecule has 0 radical (unpaired) electrons. The summed E-state index contributed by atoms with van der Waals surface area (Å²) >= 11 is 5.88. The van der Waals surface area contributed by atoms with Crippen LogP contribution in [0.4, 0.5) is 4.39 Å². The lowest BCUT2D eigenvalue weighted by atomic mass is 9.92. The van der Waals surface area contributed by atoms with Crippen molar-refractivity contribution < 1.29 is 9.13 Å². The molecule has 0 fully saturated rings. The van der Waals surface area contributed by atoms with Crippen molar-refractivity contribution in [3.63, 3.8) is 0 Å². The molecule has 2 nitrogen and oxygen atoms in total. The third-order valence-electron chi connectivity index (χ3n) is 3.54. The molecule has 1 unspecified atom stereocenters. The van der Waals surface area contributed by atoms with E-state index in [4.69, 9.17) is 22.1 Å². The first-order valence-corrected chi connectivity index (χ1v) is 7.27. The molecule has 0 spiro atoms. The van der Waals surface area contributed by atoms with Crippen LogP contribution in [0.3, 0.4) is 0 Å². The van der Waals surface area contributed by atoms with Crippen LogP contribution in [-0.4, -0.2) is 13.7 Å². The Morgan fingerprint density at radius 3 is 2.48 bits per heavy atom. The predicted octanol–water partition coefficient (Wildman–Crippen LogP) is 3.85. The summed E-state index contributed by atoms with van der Waals surface area (Å²) in [6.07, 6.45) is 1.38. The van der Waals surface area contributed by atoms with Gasteiger partial charge in [0.1, 0.15) is 0 Å². The molecule has 4 heteroatoms. The zero-order valence-corrected chi connectivity index (χ0v) is 12.7. The first-order valence-electron chi connectivity index (χ1n) is 6.90. The fourth-order valence-electron chi connectivity index (χ4n) is 2.38. The maximum Gasteiger partial charge on any atom is 0.168 e. The average Bonchev–Trinajstić information content (AvgIpc) is 2.50. The van der Waals surface area contributed by atoms with Crippen molar-refractivity contribution in [3.8, 4) is 5.75 Å². The molecule has 2 aromatic carbocycles. The van der Waals surface area contributed by atoms with Crippen LogP contribution in [0.2, 0.25) is 5.02 Å².